The number of likely N-dealkylation sites (N-methyl/N-ethyl adjacent to an activating group) is 1. The van der Waals surface area contributed by atoms with Gasteiger partial charge in [0.15, 0.2) is 23.9 Å². The number of aromatic nitrogens is 2. The molecule has 0 saturated heterocycles. The van der Waals surface area contributed by atoms with Crippen molar-refractivity contribution >= 4 is 29.4 Å². The van der Waals surface area contributed by atoms with Crippen LogP contribution in [0.3, 0.4) is 0 Å². The topological polar surface area (TPSA) is 152 Å². The zero-order chi connectivity index (χ0) is 31.7. The van der Waals surface area contributed by atoms with Crippen LogP contribution in [-0.4, -0.2) is 102 Å². The van der Waals surface area contributed by atoms with E-state index >= 15 is 0 Å². The Balaban J connectivity index is 1.77. The second-order valence-corrected chi connectivity index (χ2v) is 10.7. The summed E-state index contributed by atoms with van der Waals surface area (Å²) in [5.74, 6) is -0.740. The molecule has 2 bridgehead atoms. The number of ketones is 1. The molecule has 4 rings (SSSR count). The molecule has 1 aromatic heterocycles. The molecule has 0 radical (unpaired) electrons. The van der Waals surface area contributed by atoms with Crippen molar-refractivity contribution in [3.8, 4) is 11.5 Å². The molecule has 13 nitrogen and oxygen atoms in total. The number of carbonyl (C=O) groups is 5. The maximum Gasteiger partial charge on any atom is 0.258 e. The molecule has 0 spiro atoms. The minimum atomic E-state index is -0.762. The zero-order valence-corrected chi connectivity index (χ0v) is 25.8. The van der Waals surface area contributed by atoms with Crippen molar-refractivity contribution in [1.29, 1.82) is 0 Å². The van der Waals surface area contributed by atoms with Crippen LogP contribution < -0.4 is 20.1 Å². The van der Waals surface area contributed by atoms with E-state index in [1.54, 1.807) is 54.4 Å². The Labute approximate surface area is 251 Å². The van der Waals surface area contributed by atoms with Gasteiger partial charge in [-0.3, -0.25) is 28.7 Å². The van der Waals surface area contributed by atoms with Crippen molar-refractivity contribution < 1.29 is 33.4 Å². The number of methoxy groups -OCH3 is 1. The Hall–Kier alpha value is -4.42. The van der Waals surface area contributed by atoms with Gasteiger partial charge in [-0.1, -0.05) is 0 Å². The fourth-order valence-electron chi connectivity index (χ4n) is 5.03. The summed E-state index contributed by atoms with van der Waals surface area (Å²) < 4.78 is 12.5. The van der Waals surface area contributed by atoms with Gasteiger partial charge >= 0.3 is 0 Å². The van der Waals surface area contributed by atoms with E-state index in [1.807, 2.05) is 0 Å². The highest BCUT2D eigenvalue weighted by molar-refractivity contribution is 5.96. The van der Waals surface area contributed by atoms with Crippen LogP contribution in [0.15, 0.2) is 18.2 Å². The minimum Gasteiger partial charge on any atom is -0.493 e. The third-order valence-corrected chi connectivity index (χ3v) is 7.34. The van der Waals surface area contributed by atoms with Crippen LogP contribution in [0.5, 0.6) is 11.5 Å². The van der Waals surface area contributed by atoms with E-state index < -0.39 is 11.9 Å². The minimum absolute atomic E-state index is 0.0177. The highest BCUT2D eigenvalue weighted by atomic mass is 16.5. The molecule has 13 heteroatoms. The summed E-state index contributed by atoms with van der Waals surface area (Å²) in [4.78, 5) is 66.8. The number of nitrogens with zero attached hydrogens (tertiary/aromatic N) is 4. The van der Waals surface area contributed by atoms with E-state index in [9.17, 15) is 24.0 Å². The number of benzene rings is 1. The molecule has 2 N–H and O–H groups in total. The number of fused-ring (bicyclic) bond motifs is 18. The van der Waals surface area contributed by atoms with Gasteiger partial charge in [-0.15, -0.1) is 0 Å². The number of ether oxygens (including phenoxy) is 2. The van der Waals surface area contributed by atoms with Crippen LogP contribution >= 0.6 is 0 Å². The van der Waals surface area contributed by atoms with E-state index in [2.05, 4.69) is 15.7 Å². The molecule has 3 heterocycles. The molecule has 234 valence electrons. The normalized spacial score (nSPS) is 17.9. The summed E-state index contributed by atoms with van der Waals surface area (Å²) in [5, 5.41) is 9.92. The summed E-state index contributed by atoms with van der Waals surface area (Å²) in [5.41, 5.74) is 2.09. The molecule has 1 atom stereocenters. The number of amides is 4. The second-order valence-electron chi connectivity index (χ2n) is 10.7. The van der Waals surface area contributed by atoms with Gasteiger partial charge in [-0.05, 0) is 65.2 Å². The number of carbonyl (C=O) groups excluding carboxylic acids is 5. The number of hydrogen-bond acceptors (Lipinski definition) is 8. The zero-order valence-electron chi connectivity index (χ0n) is 25.8. The molecule has 0 fully saturated rings. The first-order valence-corrected chi connectivity index (χ1v) is 14.4. The quantitative estimate of drug-likeness (QED) is 0.397. The van der Waals surface area contributed by atoms with Crippen LogP contribution in [-0.2, 0) is 20.9 Å². The van der Waals surface area contributed by atoms with Gasteiger partial charge in [0.05, 0.1) is 18.4 Å². The number of aryl methyl sites for hydroxylation is 1. The van der Waals surface area contributed by atoms with Crippen LogP contribution in [0.4, 0.5) is 0 Å². The summed E-state index contributed by atoms with van der Waals surface area (Å²) in [6, 6.07) is 3.87. The van der Waals surface area contributed by atoms with Gasteiger partial charge in [-0.2, -0.15) is 5.10 Å². The summed E-state index contributed by atoms with van der Waals surface area (Å²) >= 11 is 0. The molecule has 43 heavy (non-hydrogen) atoms. The molecule has 0 unspecified atom stereocenters. The second kappa shape index (κ2) is 15.2. The predicted molar refractivity (Wildman–Crippen MR) is 158 cm³/mol. The van der Waals surface area contributed by atoms with Crippen LogP contribution in [0.2, 0.25) is 0 Å². The lowest BCUT2D eigenvalue weighted by molar-refractivity contribution is -0.135. The fourth-order valence-corrected chi connectivity index (χ4v) is 5.03. The van der Waals surface area contributed by atoms with E-state index in [1.165, 1.54) is 20.1 Å². The largest absolute Gasteiger partial charge is 0.493 e. The first-order chi connectivity index (χ1) is 20.4. The summed E-state index contributed by atoms with van der Waals surface area (Å²) in [7, 11) is 3.10. The summed E-state index contributed by atoms with van der Waals surface area (Å²) in [6.07, 6.45) is 1.77. The number of Topliss-reactive ketones (excluding diaryl/α,β-unsaturated/α-hetero) is 1. The van der Waals surface area contributed by atoms with Crippen molar-refractivity contribution in [3.05, 3.63) is 40.7 Å². The van der Waals surface area contributed by atoms with Crippen LogP contribution in [0.25, 0.3) is 0 Å². The average Bonchev–Trinajstić information content (AvgIpc) is 3.25. The third-order valence-electron chi connectivity index (χ3n) is 7.34. The lowest BCUT2D eigenvalue weighted by Crippen LogP contribution is -2.47. The summed E-state index contributed by atoms with van der Waals surface area (Å²) in [6.45, 7) is 7.86. The molecule has 0 saturated carbocycles. The Morgan fingerprint density at radius 3 is 2.47 bits per heavy atom. The Bertz CT molecular complexity index is 1350. The molecule has 2 aliphatic heterocycles. The highest BCUT2D eigenvalue weighted by Gasteiger charge is 2.22. The van der Waals surface area contributed by atoms with Crippen molar-refractivity contribution in [2.24, 2.45) is 0 Å². The molecule has 4 amide bonds. The van der Waals surface area contributed by atoms with Crippen LogP contribution in [0.1, 0.15) is 65.2 Å². The predicted octanol–water partition coefficient (Wildman–Crippen LogP) is 1.50. The lowest BCUT2D eigenvalue weighted by atomic mass is 10.1. The first kappa shape index (κ1) is 33.1. The van der Waals surface area contributed by atoms with Gasteiger partial charge in [0.25, 0.3) is 11.8 Å². The van der Waals surface area contributed by atoms with Crippen molar-refractivity contribution in [2.45, 2.75) is 59.5 Å². The molecule has 2 aliphatic rings. The SMILES string of the molecule is COc1cc2ccc1OCC(=O)N[C@@H](C)C(=O)N(C)CCCCN(C(=O)Cn1nc(C)c(C(C)=O)c1C)CCCNC2=O. The third kappa shape index (κ3) is 8.79. The monoisotopic (exact) mass is 598 g/mol. The van der Waals surface area contributed by atoms with Crippen molar-refractivity contribution in [3.63, 3.8) is 0 Å². The fraction of sp³-hybridized carbons (Fsp3) is 0.533. The number of hydrogen-bond donors (Lipinski definition) is 2. The standard InChI is InChI=1S/C30H42N6O7/c1-19-28(22(4)37)21(3)36(33-19)17-27(39)35-14-8-7-13-34(5)30(41)20(2)32-26(38)18-43-24-11-10-23(16-25(24)42-6)29(40)31-12-9-15-35/h10-11,16,20H,7-9,12-15,17-18H2,1-6H3,(H,31,40)(H,32,38)/t20-/m0/s1. The molecular weight excluding hydrogens is 556 g/mol. The van der Waals surface area contributed by atoms with Gasteiger partial charge < -0.3 is 29.9 Å². The van der Waals surface area contributed by atoms with Crippen LogP contribution in [0, 0.1) is 13.8 Å². The Kier molecular flexibility index (Phi) is 11.7. The van der Waals surface area contributed by atoms with Gasteiger partial charge in [0, 0.05) is 44.5 Å². The lowest BCUT2D eigenvalue weighted by Gasteiger charge is -2.25. The van der Waals surface area contributed by atoms with Gasteiger partial charge in [-0.25, -0.2) is 0 Å². The first-order valence-electron chi connectivity index (χ1n) is 14.4. The molecule has 2 aromatic rings. The molecule has 1 aromatic carbocycles. The molecular formula is C30H42N6O7. The van der Waals surface area contributed by atoms with E-state index in [-0.39, 0.29) is 48.2 Å². The van der Waals surface area contributed by atoms with E-state index in [0.717, 1.165) is 0 Å². The van der Waals surface area contributed by atoms with Crippen molar-refractivity contribution in [1.82, 2.24) is 30.2 Å². The van der Waals surface area contributed by atoms with E-state index in [4.69, 9.17) is 9.47 Å². The highest BCUT2D eigenvalue weighted by Crippen LogP contribution is 2.28. The number of nitrogens with one attached hydrogen (secondary N) is 2. The van der Waals surface area contributed by atoms with Gasteiger partial charge in [0.2, 0.25) is 11.8 Å². The Morgan fingerprint density at radius 1 is 1.09 bits per heavy atom. The van der Waals surface area contributed by atoms with Crippen molar-refractivity contribution in [2.75, 3.05) is 46.9 Å². The van der Waals surface area contributed by atoms with E-state index in [0.29, 0.717) is 68.0 Å². The molecule has 0 aliphatic carbocycles. The maximum absolute atomic E-state index is 13.4. The average molecular weight is 599 g/mol. The Morgan fingerprint density at radius 2 is 1.79 bits per heavy atom. The number of rotatable bonds is 4. The van der Waals surface area contributed by atoms with Gasteiger partial charge in [0.1, 0.15) is 12.6 Å². The smallest absolute Gasteiger partial charge is 0.258 e. The maximum atomic E-state index is 13.4.